The molecule has 3 unspecified atom stereocenters. The average Bonchev–Trinajstić information content (AvgIpc) is 2.40. The molecule has 0 radical (unpaired) electrons. The maximum Gasteiger partial charge on any atom is 0.253 e. The van der Waals surface area contributed by atoms with Crippen LogP contribution in [-0.4, -0.2) is 18.5 Å². The van der Waals surface area contributed by atoms with E-state index in [0.29, 0.717) is 18.4 Å². The summed E-state index contributed by atoms with van der Waals surface area (Å²) in [6.07, 6.45) is -0.330. The summed E-state index contributed by atoms with van der Waals surface area (Å²) >= 11 is 0. The van der Waals surface area contributed by atoms with E-state index in [0.717, 1.165) is 6.42 Å². The summed E-state index contributed by atoms with van der Waals surface area (Å²) in [5.41, 5.74) is 0. The van der Waals surface area contributed by atoms with Crippen LogP contribution >= 0.6 is 0 Å². The molecule has 52 valence electrons. The Morgan fingerprint density at radius 1 is 1.33 bits per heavy atom. The zero-order chi connectivity index (χ0) is 6.43. The highest BCUT2D eigenvalue weighted by molar-refractivity contribution is 5.03. The molecule has 2 aliphatic rings. The van der Waals surface area contributed by atoms with Gasteiger partial charge in [-0.1, -0.05) is 0 Å². The Labute approximate surface area is 52.4 Å². The van der Waals surface area contributed by atoms with E-state index in [2.05, 4.69) is 5.32 Å². The summed E-state index contributed by atoms with van der Waals surface area (Å²) in [6, 6.07) is -0.0438. The number of hydrogen-bond acceptors (Lipinski definition) is 1. The fourth-order valence-corrected chi connectivity index (χ4v) is 1.56. The van der Waals surface area contributed by atoms with E-state index in [4.69, 9.17) is 0 Å². The average molecular weight is 133 g/mol. The van der Waals surface area contributed by atoms with Crippen LogP contribution in [0.1, 0.15) is 12.8 Å². The number of halogens is 2. The molecule has 0 bridgehead atoms. The van der Waals surface area contributed by atoms with Gasteiger partial charge in [-0.25, -0.2) is 8.78 Å². The monoisotopic (exact) mass is 133 g/mol. The maximum atomic E-state index is 11.9. The first kappa shape index (κ1) is 5.59. The molecule has 1 saturated heterocycles. The van der Waals surface area contributed by atoms with Crippen molar-refractivity contribution in [3.8, 4) is 0 Å². The van der Waals surface area contributed by atoms with Gasteiger partial charge in [-0.05, 0) is 18.8 Å². The second kappa shape index (κ2) is 1.66. The highest BCUT2D eigenvalue weighted by atomic mass is 19.3. The predicted octanol–water partition coefficient (Wildman–Crippen LogP) is 1.00. The van der Waals surface area contributed by atoms with Crippen molar-refractivity contribution in [3.05, 3.63) is 0 Å². The molecule has 1 nitrogen and oxygen atoms in total. The quantitative estimate of drug-likeness (QED) is 0.562. The van der Waals surface area contributed by atoms with Gasteiger partial charge in [0.05, 0.1) is 6.04 Å². The molecule has 0 aromatic heterocycles. The van der Waals surface area contributed by atoms with Gasteiger partial charge in [-0.15, -0.1) is 0 Å². The van der Waals surface area contributed by atoms with Crippen molar-refractivity contribution in [2.75, 3.05) is 0 Å². The van der Waals surface area contributed by atoms with Crippen molar-refractivity contribution in [1.82, 2.24) is 5.32 Å². The molecule has 1 aliphatic heterocycles. The zero-order valence-corrected chi connectivity index (χ0v) is 4.98. The Bertz CT molecular complexity index is 116. The smallest absolute Gasteiger partial charge is 0.253 e. The first-order chi connectivity index (χ1) is 4.27. The van der Waals surface area contributed by atoms with Gasteiger partial charge >= 0.3 is 0 Å². The fraction of sp³-hybridized carbons (Fsp3) is 1.00. The van der Waals surface area contributed by atoms with Crippen LogP contribution in [0.2, 0.25) is 0 Å². The van der Waals surface area contributed by atoms with Gasteiger partial charge in [0.25, 0.3) is 6.43 Å². The lowest BCUT2D eigenvalue weighted by Gasteiger charge is -2.09. The number of alkyl halides is 2. The number of nitrogens with one attached hydrogen (secondary N) is 1. The Kier molecular flexibility index (Phi) is 1.03. The van der Waals surface area contributed by atoms with E-state index < -0.39 is 12.5 Å². The maximum absolute atomic E-state index is 11.9. The molecule has 0 spiro atoms. The summed E-state index contributed by atoms with van der Waals surface area (Å²) in [7, 11) is 0. The Hall–Kier alpha value is -0.180. The molecule has 1 N–H and O–H groups in total. The van der Waals surface area contributed by atoms with Gasteiger partial charge in [0.1, 0.15) is 0 Å². The number of hydrogen-bond donors (Lipinski definition) is 1. The summed E-state index contributed by atoms with van der Waals surface area (Å²) in [5, 5.41) is 2.88. The minimum Gasteiger partial charge on any atom is -0.306 e. The lowest BCUT2D eigenvalue weighted by Crippen LogP contribution is -2.32. The van der Waals surface area contributed by atoms with Gasteiger partial charge < -0.3 is 5.32 Å². The highest BCUT2D eigenvalue weighted by Crippen LogP contribution is 2.41. The summed E-state index contributed by atoms with van der Waals surface area (Å²) < 4.78 is 23.7. The molecule has 9 heavy (non-hydrogen) atoms. The van der Waals surface area contributed by atoms with Crippen molar-refractivity contribution < 1.29 is 8.78 Å². The molecule has 2 rings (SSSR count). The second-order valence-corrected chi connectivity index (χ2v) is 2.95. The van der Waals surface area contributed by atoms with Gasteiger partial charge in [-0.2, -0.15) is 0 Å². The molecular weight excluding hydrogens is 124 g/mol. The standard InChI is InChI=1S/C6H9F2N/c7-6(8)5-2-3-1-4(3)9-5/h3-6,9H,1-2H2. The van der Waals surface area contributed by atoms with Crippen molar-refractivity contribution >= 4 is 0 Å². The zero-order valence-electron chi connectivity index (χ0n) is 4.98. The minimum atomic E-state index is -2.15. The Balaban J connectivity index is 1.90. The van der Waals surface area contributed by atoms with E-state index >= 15 is 0 Å². The number of piperidine rings is 1. The summed E-state index contributed by atoms with van der Waals surface area (Å²) in [6.45, 7) is 0. The third-order valence-corrected chi connectivity index (χ3v) is 2.21. The number of fused-ring (bicyclic) bond motifs is 1. The molecule has 3 heteroatoms. The highest BCUT2D eigenvalue weighted by Gasteiger charge is 2.48. The molecule has 0 aromatic carbocycles. The van der Waals surface area contributed by atoms with Gasteiger partial charge in [0, 0.05) is 6.04 Å². The normalized spacial score (nSPS) is 47.7. The van der Waals surface area contributed by atoms with Crippen molar-refractivity contribution in [2.24, 2.45) is 5.92 Å². The lowest BCUT2D eigenvalue weighted by atomic mass is 10.2. The van der Waals surface area contributed by atoms with Crippen LogP contribution in [0.15, 0.2) is 0 Å². The van der Waals surface area contributed by atoms with Crippen LogP contribution in [0.4, 0.5) is 8.78 Å². The minimum absolute atomic E-state index is 0.448. The SMILES string of the molecule is FC(F)C1CC2CC2N1. The van der Waals surface area contributed by atoms with E-state index in [1.807, 2.05) is 0 Å². The molecule has 1 saturated carbocycles. The molecule has 0 amide bonds. The Morgan fingerprint density at radius 3 is 2.44 bits per heavy atom. The molecule has 3 atom stereocenters. The van der Waals surface area contributed by atoms with Crippen LogP contribution in [0, 0.1) is 5.92 Å². The largest absolute Gasteiger partial charge is 0.306 e. The molecular formula is C6H9F2N. The summed E-state index contributed by atoms with van der Waals surface area (Å²) in [5.74, 6) is 0.587. The molecule has 1 heterocycles. The fourth-order valence-electron chi connectivity index (χ4n) is 1.56. The van der Waals surface area contributed by atoms with Gasteiger partial charge in [-0.3, -0.25) is 0 Å². The van der Waals surface area contributed by atoms with Crippen molar-refractivity contribution in [3.63, 3.8) is 0 Å². The predicted molar refractivity (Wildman–Crippen MR) is 29.4 cm³/mol. The number of rotatable bonds is 1. The molecule has 2 fully saturated rings. The van der Waals surface area contributed by atoms with Gasteiger partial charge in [0.15, 0.2) is 0 Å². The van der Waals surface area contributed by atoms with Crippen LogP contribution in [0.5, 0.6) is 0 Å². The second-order valence-electron chi connectivity index (χ2n) is 2.95. The van der Waals surface area contributed by atoms with Crippen LogP contribution < -0.4 is 5.32 Å². The Morgan fingerprint density at radius 2 is 2.11 bits per heavy atom. The lowest BCUT2D eigenvalue weighted by molar-refractivity contribution is 0.101. The third-order valence-electron chi connectivity index (χ3n) is 2.21. The first-order valence-electron chi connectivity index (χ1n) is 3.31. The van der Waals surface area contributed by atoms with Crippen LogP contribution in [0.25, 0.3) is 0 Å². The molecule has 0 aromatic rings. The van der Waals surface area contributed by atoms with E-state index in [-0.39, 0.29) is 0 Å². The van der Waals surface area contributed by atoms with Crippen LogP contribution in [0.3, 0.4) is 0 Å². The van der Waals surface area contributed by atoms with E-state index in [1.165, 1.54) is 0 Å². The molecule has 1 aliphatic carbocycles. The van der Waals surface area contributed by atoms with Crippen molar-refractivity contribution in [2.45, 2.75) is 31.4 Å². The van der Waals surface area contributed by atoms with Crippen molar-refractivity contribution in [1.29, 1.82) is 0 Å². The topological polar surface area (TPSA) is 12.0 Å². The third kappa shape index (κ3) is 0.834. The van der Waals surface area contributed by atoms with E-state index in [9.17, 15) is 8.78 Å². The van der Waals surface area contributed by atoms with Gasteiger partial charge in [0.2, 0.25) is 0 Å². The first-order valence-corrected chi connectivity index (χ1v) is 3.31. The van der Waals surface area contributed by atoms with Crippen LogP contribution in [-0.2, 0) is 0 Å². The summed E-state index contributed by atoms with van der Waals surface area (Å²) in [4.78, 5) is 0. The van der Waals surface area contributed by atoms with E-state index in [1.54, 1.807) is 0 Å².